The number of benzene rings is 3. The van der Waals surface area contributed by atoms with Crippen molar-refractivity contribution in [3.8, 4) is 16.8 Å². The minimum atomic E-state index is -5.15. The van der Waals surface area contributed by atoms with Crippen LogP contribution in [0.5, 0.6) is 0 Å². The van der Waals surface area contributed by atoms with Crippen LogP contribution in [0.15, 0.2) is 68.6 Å². The number of hydrogen-bond acceptors (Lipinski definition) is 5. The highest BCUT2D eigenvalue weighted by molar-refractivity contribution is 5.82. The Hall–Kier alpha value is -4.35. The average molecular weight is 464 g/mol. The van der Waals surface area contributed by atoms with E-state index in [1.807, 2.05) is 0 Å². The minimum absolute atomic E-state index is 0.0786. The third-order valence-corrected chi connectivity index (χ3v) is 4.78. The van der Waals surface area contributed by atoms with E-state index in [4.69, 9.17) is 4.42 Å². The van der Waals surface area contributed by atoms with Crippen molar-refractivity contribution < 1.29 is 31.3 Å². The molecule has 0 unspecified atom stereocenters. The van der Waals surface area contributed by atoms with E-state index >= 15 is 0 Å². The van der Waals surface area contributed by atoms with Crippen LogP contribution in [0.4, 0.5) is 27.6 Å². The van der Waals surface area contributed by atoms with Gasteiger partial charge >= 0.3 is 11.9 Å². The van der Waals surface area contributed by atoms with Crippen LogP contribution >= 0.6 is 0 Å². The number of halogens is 5. The molecule has 0 fully saturated rings. The van der Waals surface area contributed by atoms with Crippen LogP contribution in [0, 0.1) is 21.7 Å². The third-order valence-electron chi connectivity index (χ3n) is 4.78. The maximum atomic E-state index is 14.1. The van der Waals surface area contributed by atoms with Gasteiger partial charge in [0.15, 0.2) is 0 Å². The molecular weight excluding hydrogens is 455 g/mol. The fraction of sp³-hybridized carbons (Fsp3) is 0.0476. The second kappa shape index (κ2) is 7.65. The normalized spacial score (nSPS) is 11.7. The number of fused-ring (bicyclic) bond motifs is 1. The van der Waals surface area contributed by atoms with Crippen LogP contribution in [-0.4, -0.2) is 9.49 Å². The number of alkyl halides is 3. The number of hydrogen-bond donors (Lipinski definition) is 0. The summed E-state index contributed by atoms with van der Waals surface area (Å²) in [4.78, 5) is 35.0. The molecule has 4 rings (SSSR count). The number of aromatic nitrogens is 1. The van der Waals surface area contributed by atoms with Crippen molar-refractivity contribution in [3.63, 3.8) is 0 Å². The van der Waals surface area contributed by atoms with Gasteiger partial charge in [0, 0.05) is 17.7 Å². The van der Waals surface area contributed by atoms with E-state index in [0.717, 1.165) is 24.3 Å². The van der Waals surface area contributed by atoms with E-state index in [1.165, 1.54) is 12.1 Å². The first-order valence-electron chi connectivity index (χ1n) is 8.99. The van der Waals surface area contributed by atoms with Gasteiger partial charge in [-0.25, -0.2) is 18.1 Å². The molecule has 0 spiro atoms. The van der Waals surface area contributed by atoms with Crippen LogP contribution in [0.1, 0.15) is 5.56 Å². The highest BCUT2D eigenvalue weighted by Gasteiger charge is 2.38. The average Bonchev–Trinajstić information content (AvgIpc) is 2.73. The molecule has 33 heavy (non-hydrogen) atoms. The van der Waals surface area contributed by atoms with Gasteiger partial charge in [-0.2, -0.15) is 13.2 Å². The van der Waals surface area contributed by atoms with Gasteiger partial charge in [-0.05, 0) is 42.0 Å². The molecule has 0 amide bonds. The van der Waals surface area contributed by atoms with E-state index in [9.17, 15) is 41.7 Å². The Morgan fingerprint density at radius 1 is 0.939 bits per heavy atom. The van der Waals surface area contributed by atoms with E-state index in [1.54, 1.807) is 0 Å². The zero-order valence-electron chi connectivity index (χ0n) is 16.0. The maximum absolute atomic E-state index is 14.1. The summed E-state index contributed by atoms with van der Waals surface area (Å²) < 4.78 is 72.6. The second-order valence-electron chi connectivity index (χ2n) is 6.80. The molecule has 3 aromatic carbocycles. The van der Waals surface area contributed by atoms with Gasteiger partial charge < -0.3 is 4.42 Å². The topological polar surface area (TPSA) is 95.3 Å². The van der Waals surface area contributed by atoms with Crippen LogP contribution < -0.4 is 11.3 Å². The van der Waals surface area contributed by atoms with E-state index in [2.05, 4.69) is 0 Å². The number of nitro groups is 1. The van der Waals surface area contributed by atoms with Crippen molar-refractivity contribution in [2.24, 2.45) is 0 Å². The molecule has 0 aliphatic heterocycles. The van der Waals surface area contributed by atoms with Crippen LogP contribution in [0.3, 0.4) is 0 Å². The lowest BCUT2D eigenvalue weighted by Gasteiger charge is -2.11. The lowest BCUT2D eigenvalue weighted by Crippen LogP contribution is -2.31. The van der Waals surface area contributed by atoms with Gasteiger partial charge in [0.05, 0.1) is 16.0 Å². The molecule has 1 heterocycles. The highest BCUT2D eigenvalue weighted by Crippen LogP contribution is 2.37. The zero-order chi connectivity index (χ0) is 24.1. The van der Waals surface area contributed by atoms with Crippen molar-refractivity contribution in [2.45, 2.75) is 6.18 Å². The first-order chi connectivity index (χ1) is 15.5. The Morgan fingerprint density at radius 3 is 2.30 bits per heavy atom. The summed E-state index contributed by atoms with van der Waals surface area (Å²) in [6, 6.07) is 7.93. The van der Waals surface area contributed by atoms with Gasteiger partial charge in [-0.1, -0.05) is 6.07 Å². The molecule has 0 N–H and O–H groups in total. The molecule has 1 aromatic heterocycles. The van der Waals surface area contributed by atoms with Crippen molar-refractivity contribution in [1.29, 1.82) is 0 Å². The number of nitro benzene ring substituents is 1. The smallest absolute Gasteiger partial charge is 0.409 e. The molecule has 168 valence electrons. The Labute approximate surface area is 179 Å². The summed E-state index contributed by atoms with van der Waals surface area (Å²) in [7, 11) is 0. The quantitative estimate of drug-likeness (QED) is 0.246. The van der Waals surface area contributed by atoms with E-state index in [-0.39, 0.29) is 32.7 Å². The summed E-state index contributed by atoms with van der Waals surface area (Å²) in [5.74, 6) is -3.10. The van der Waals surface area contributed by atoms with Crippen molar-refractivity contribution in [1.82, 2.24) is 4.57 Å². The summed E-state index contributed by atoms with van der Waals surface area (Å²) in [6.07, 6.45) is -5.15. The molecule has 0 saturated heterocycles. The highest BCUT2D eigenvalue weighted by atomic mass is 19.4. The molecule has 0 aliphatic rings. The monoisotopic (exact) mass is 464 g/mol. The molecule has 12 heteroatoms. The van der Waals surface area contributed by atoms with Gasteiger partial charge in [-0.3, -0.25) is 14.9 Å². The van der Waals surface area contributed by atoms with Crippen molar-refractivity contribution >= 4 is 16.7 Å². The lowest BCUT2D eigenvalue weighted by molar-refractivity contribution is -0.388. The number of rotatable bonds is 3. The zero-order valence-corrected chi connectivity index (χ0v) is 16.0. The van der Waals surface area contributed by atoms with Gasteiger partial charge in [0.25, 0.3) is 11.2 Å². The largest absolute Gasteiger partial charge is 0.426 e. The van der Waals surface area contributed by atoms with Gasteiger partial charge in [0.1, 0.15) is 22.8 Å². The van der Waals surface area contributed by atoms with Crippen molar-refractivity contribution in [3.05, 3.63) is 103 Å². The van der Waals surface area contributed by atoms with Crippen LogP contribution in [-0.2, 0) is 6.18 Å². The lowest BCUT2D eigenvalue weighted by atomic mass is 10.0. The minimum Gasteiger partial charge on any atom is -0.409 e. The molecule has 7 nitrogen and oxygen atoms in total. The van der Waals surface area contributed by atoms with E-state index in [0.29, 0.717) is 12.1 Å². The van der Waals surface area contributed by atoms with Crippen LogP contribution in [0.2, 0.25) is 0 Å². The molecule has 0 atom stereocenters. The molecule has 4 aromatic rings. The summed E-state index contributed by atoms with van der Waals surface area (Å²) in [5, 5.41) is 10.7. The Morgan fingerprint density at radius 2 is 1.67 bits per heavy atom. The first-order valence-corrected chi connectivity index (χ1v) is 8.99. The second-order valence-corrected chi connectivity index (χ2v) is 6.80. The van der Waals surface area contributed by atoms with Gasteiger partial charge in [-0.15, -0.1) is 0 Å². The third kappa shape index (κ3) is 3.86. The fourth-order valence-corrected chi connectivity index (χ4v) is 3.29. The Kier molecular flexibility index (Phi) is 5.07. The Bertz CT molecular complexity index is 1560. The maximum Gasteiger partial charge on any atom is 0.426 e. The van der Waals surface area contributed by atoms with E-state index < -0.39 is 51.0 Å². The van der Waals surface area contributed by atoms with Crippen molar-refractivity contribution in [2.75, 3.05) is 0 Å². The summed E-state index contributed by atoms with van der Waals surface area (Å²) >= 11 is 0. The van der Waals surface area contributed by atoms with Crippen LogP contribution in [0.25, 0.3) is 27.8 Å². The Balaban J connectivity index is 1.97. The molecule has 0 saturated carbocycles. The molecule has 0 aliphatic carbocycles. The molecule has 0 radical (unpaired) electrons. The predicted molar refractivity (Wildman–Crippen MR) is 105 cm³/mol. The predicted octanol–water partition coefficient (Wildman–Crippen LogP) is 4.82. The fourth-order valence-electron chi connectivity index (χ4n) is 3.29. The summed E-state index contributed by atoms with van der Waals surface area (Å²) in [6.45, 7) is 0. The van der Waals surface area contributed by atoms with Gasteiger partial charge in [0.2, 0.25) is 0 Å². The SMILES string of the molecule is O=c1oc2ccc(-c3ccc(F)cc3F)cc2c(=O)n1-c1ccc([N+](=O)[O-])c(C(F)(F)F)c1. The molecule has 0 bridgehead atoms. The summed E-state index contributed by atoms with van der Waals surface area (Å²) in [5.41, 5.74) is -4.86. The first kappa shape index (κ1) is 21.9. The standard InChI is InChI=1S/C21H9F5N2O5/c22-11-2-4-13(16(23)8-11)10-1-6-18-14(7-10)19(29)27(20(30)33-18)12-3-5-17(28(31)32)15(9-12)21(24,25)26/h1-9H. The molecular formula is C21H9F5N2O5. The number of nitrogens with zero attached hydrogens (tertiary/aromatic N) is 2.